The van der Waals surface area contributed by atoms with Crippen LogP contribution in [0, 0.1) is 12.8 Å². The van der Waals surface area contributed by atoms with Gasteiger partial charge in [-0.3, -0.25) is 4.57 Å². The van der Waals surface area contributed by atoms with Crippen LogP contribution in [0.2, 0.25) is 0 Å². The Labute approximate surface area is 220 Å². The Bertz CT molecular complexity index is 1160. The van der Waals surface area contributed by atoms with Crippen LogP contribution in [-0.4, -0.2) is 48.3 Å². The van der Waals surface area contributed by atoms with E-state index in [9.17, 15) is 0 Å². The van der Waals surface area contributed by atoms with Gasteiger partial charge in [0.1, 0.15) is 24.4 Å². The van der Waals surface area contributed by atoms with Gasteiger partial charge in [-0.2, -0.15) is 0 Å². The third kappa shape index (κ3) is 4.75. The number of rotatable bonds is 5. The van der Waals surface area contributed by atoms with Crippen molar-refractivity contribution < 1.29 is 28.0 Å². The highest BCUT2D eigenvalue weighted by Crippen LogP contribution is 2.64. The number of fused-ring (bicyclic) bond motifs is 1. The van der Waals surface area contributed by atoms with E-state index >= 15 is 4.57 Å². The molecule has 4 fully saturated rings. The average molecular weight is 527 g/mol. The van der Waals surface area contributed by atoms with Crippen LogP contribution in [0.4, 0.5) is 0 Å². The maximum Gasteiger partial charge on any atom is 0.238 e. The third-order valence-corrected chi connectivity index (χ3v) is 11.5. The highest BCUT2D eigenvalue weighted by molar-refractivity contribution is 7.67. The van der Waals surface area contributed by atoms with E-state index in [-0.39, 0.29) is 24.0 Å². The van der Waals surface area contributed by atoms with Gasteiger partial charge in [0.25, 0.3) is 0 Å². The second-order valence-corrected chi connectivity index (χ2v) is 14.7. The largest absolute Gasteiger partial charge is 0.348 e. The number of ether oxygens (including phenoxy) is 4. The molecule has 1 aliphatic carbocycles. The van der Waals surface area contributed by atoms with Crippen LogP contribution in [0.15, 0.2) is 54.6 Å². The standard InChI is InChI=1S/C30H39O6P/c1-19-11-13-20(14-12-19)23-16-15-21(23)17-25-27-28(35-30(4,5)34-27)26(24-18-32-29(2,3)33-24)36-37(25,31)22-9-7-6-8-10-22/h6-14,21,23-28H,15-18H2,1-5H3/t21?,23?,24?,25?,26-,27-,28+,37?/m1/s1. The lowest BCUT2D eigenvalue weighted by Gasteiger charge is -2.47. The van der Waals surface area contributed by atoms with E-state index in [0.717, 1.165) is 24.6 Å². The number of hydrogen-bond acceptors (Lipinski definition) is 6. The van der Waals surface area contributed by atoms with Crippen LogP contribution in [0.3, 0.4) is 0 Å². The zero-order chi connectivity index (χ0) is 26.0. The molecule has 2 aromatic rings. The van der Waals surface area contributed by atoms with E-state index in [0.29, 0.717) is 18.4 Å². The average Bonchev–Trinajstić information content (AvgIpc) is 3.37. The van der Waals surface area contributed by atoms with E-state index in [1.54, 1.807) is 0 Å². The van der Waals surface area contributed by atoms with Gasteiger partial charge in [-0.1, -0.05) is 48.0 Å². The first-order valence-corrected chi connectivity index (χ1v) is 15.3. The first-order valence-electron chi connectivity index (χ1n) is 13.6. The Hall–Kier alpha value is -1.53. The van der Waals surface area contributed by atoms with Crippen LogP contribution < -0.4 is 5.30 Å². The van der Waals surface area contributed by atoms with Crippen molar-refractivity contribution in [3.63, 3.8) is 0 Å². The fraction of sp³-hybridized carbons (Fsp3) is 0.600. The van der Waals surface area contributed by atoms with E-state index in [4.69, 9.17) is 23.5 Å². The smallest absolute Gasteiger partial charge is 0.238 e. The van der Waals surface area contributed by atoms with Crippen molar-refractivity contribution in [1.82, 2.24) is 0 Å². The molecule has 2 aromatic carbocycles. The van der Waals surface area contributed by atoms with Crippen molar-refractivity contribution in [3.05, 3.63) is 65.7 Å². The lowest BCUT2D eigenvalue weighted by atomic mass is 9.67. The third-order valence-electron chi connectivity index (χ3n) is 8.56. The van der Waals surface area contributed by atoms with Gasteiger partial charge in [0.2, 0.25) is 7.37 Å². The summed E-state index contributed by atoms with van der Waals surface area (Å²) in [7, 11) is -3.35. The second-order valence-electron chi connectivity index (χ2n) is 12.1. The summed E-state index contributed by atoms with van der Waals surface area (Å²) in [5, 5.41) is 0.737. The van der Waals surface area contributed by atoms with Crippen LogP contribution in [0.5, 0.6) is 0 Å². The molecule has 0 N–H and O–H groups in total. The molecule has 8 atom stereocenters. The molecule has 6 nitrogen and oxygen atoms in total. The Morgan fingerprint density at radius 3 is 2.16 bits per heavy atom. The van der Waals surface area contributed by atoms with Gasteiger partial charge in [-0.15, -0.1) is 0 Å². The van der Waals surface area contributed by atoms with Gasteiger partial charge < -0.3 is 23.5 Å². The lowest BCUT2D eigenvalue weighted by Crippen LogP contribution is -2.55. The molecular formula is C30H39O6P. The fourth-order valence-corrected chi connectivity index (χ4v) is 9.64. The summed E-state index contributed by atoms with van der Waals surface area (Å²) in [6.45, 7) is 10.1. The normalized spacial score (nSPS) is 40.2. The summed E-state index contributed by atoms with van der Waals surface area (Å²) in [4.78, 5) is 0. The summed E-state index contributed by atoms with van der Waals surface area (Å²) in [6, 6.07) is 18.5. The summed E-state index contributed by atoms with van der Waals surface area (Å²) >= 11 is 0. The Morgan fingerprint density at radius 1 is 0.838 bits per heavy atom. The number of hydrogen-bond donors (Lipinski definition) is 0. The lowest BCUT2D eigenvalue weighted by molar-refractivity contribution is -0.174. The van der Waals surface area contributed by atoms with Gasteiger partial charge in [0.15, 0.2) is 11.6 Å². The first-order chi connectivity index (χ1) is 17.5. The molecule has 0 aromatic heterocycles. The molecule has 0 bridgehead atoms. The van der Waals surface area contributed by atoms with Crippen molar-refractivity contribution in [3.8, 4) is 0 Å². The molecule has 7 heteroatoms. The zero-order valence-corrected chi connectivity index (χ0v) is 23.4. The molecule has 0 spiro atoms. The Balaban J connectivity index is 1.36. The van der Waals surface area contributed by atoms with Crippen LogP contribution in [0.1, 0.15) is 64.0 Å². The molecule has 3 saturated heterocycles. The molecule has 3 heterocycles. The van der Waals surface area contributed by atoms with Crippen molar-refractivity contribution >= 4 is 12.7 Å². The maximum atomic E-state index is 15.2. The van der Waals surface area contributed by atoms with E-state index in [1.807, 2.05) is 58.0 Å². The molecule has 4 aliphatic rings. The van der Waals surface area contributed by atoms with Gasteiger partial charge in [-0.25, -0.2) is 0 Å². The summed E-state index contributed by atoms with van der Waals surface area (Å²) < 4.78 is 47.0. The summed E-state index contributed by atoms with van der Waals surface area (Å²) in [5.41, 5.74) is 2.33. The maximum absolute atomic E-state index is 15.2. The highest BCUT2D eigenvalue weighted by Gasteiger charge is 2.63. The minimum atomic E-state index is -3.35. The minimum absolute atomic E-state index is 0.300. The summed E-state index contributed by atoms with van der Waals surface area (Å²) in [6.07, 6.45) is 1.36. The van der Waals surface area contributed by atoms with Crippen molar-refractivity contribution in [2.24, 2.45) is 5.92 Å². The Morgan fingerprint density at radius 2 is 1.54 bits per heavy atom. The Kier molecular flexibility index (Phi) is 6.46. The molecule has 0 amide bonds. The van der Waals surface area contributed by atoms with Crippen LogP contribution >= 0.6 is 7.37 Å². The molecule has 200 valence electrons. The topological polar surface area (TPSA) is 63.2 Å². The number of benzene rings is 2. The molecule has 37 heavy (non-hydrogen) atoms. The van der Waals surface area contributed by atoms with Crippen molar-refractivity contribution in [2.45, 2.75) is 101 Å². The van der Waals surface area contributed by atoms with E-state index in [1.165, 1.54) is 11.1 Å². The van der Waals surface area contributed by atoms with Crippen LogP contribution in [-0.2, 0) is 28.0 Å². The number of aryl methyl sites for hydroxylation is 1. The molecule has 0 radical (unpaired) electrons. The highest BCUT2D eigenvalue weighted by atomic mass is 31.2. The molecular weight excluding hydrogens is 487 g/mol. The zero-order valence-electron chi connectivity index (χ0n) is 22.5. The SMILES string of the molecule is Cc1ccc(C2CCC2CC2[C@H]3OC(C)(C)O[C@H]3[C@@H](C3COC(C)(C)O3)OP2(=O)c2ccccc2)cc1. The first kappa shape index (κ1) is 25.7. The van der Waals surface area contributed by atoms with Gasteiger partial charge >= 0.3 is 0 Å². The summed E-state index contributed by atoms with van der Waals surface area (Å²) in [5.74, 6) is -0.641. The molecule has 6 rings (SSSR count). The fourth-order valence-electron chi connectivity index (χ4n) is 6.61. The molecule has 3 aliphatic heterocycles. The van der Waals surface area contributed by atoms with Gasteiger partial charge in [0.05, 0.1) is 12.3 Å². The van der Waals surface area contributed by atoms with Crippen molar-refractivity contribution in [1.29, 1.82) is 0 Å². The predicted molar refractivity (Wildman–Crippen MR) is 142 cm³/mol. The molecule has 1 saturated carbocycles. The van der Waals surface area contributed by atoms with Gasteiger partial charge in [-0.05, 0) is 83.4 Å². The second kappa shape index (κ2) is 9.29. The van der Waals surface area contributed by atoms with E-state index < -0.39 is 25.0 Å². The predicted octanol–water partition coefficient (Wildman–Crippen LogP) is 5.92. The van der Waals surface area contributed by atoms with Crippen LogP contribution in [0.25, 0.3) is 0 Å². The minimum Gasteiger partial charge on any atom is -0.348 e. The molecule has 5 unspecified atom stereocenters. The van der Waals surface area contributed by atoms with Gasteiger partial charge in [0, 0.05) is 5.30 Å². The van der Waals surface area contributed by atoms with E-state index in [2.05, 4.69) is 31.2 Å². The quantitative estimate of drug-likeness (QED) is 0.451. The monoisotopic (exact) mass is 526 g/mol. The van der Waals surface area contributed by atoms with Crippen molar-refractivity contribution in [2.75, 3.05) is 6.61 Å².